The summed E-state index contributed by atoms with van der Waals surface area (Å²) >= 11 is 1.58. The summed E-state index contributed by atoms with van der Waals surface area (Å²) in [4.78, 5) is 26.0. The molecule has 0 aliphatic heterocycles. The first-order valence-corrected chi connectivity index (χ1v) is 12.1. The Labute approximate surface area is 187 Å². The minimum Gasteiger partial charge on any atom is -0.457 e. The highest BCUT2D eigenvalue weighted by Crippen LogP contribution is 2.30. The molecule has 0 radical (unpaired) electrons. The summed E-state index contributed by atoms with van der Waals surface area (Å²) in [6.45, 7) is 5.21. The second-order valence-corrected chi connectivity index (χ2v) is 9.59. The zero-order valence-corrected chi connectivity index (χ0v) is 19.7. The first-order chi connectivity index (χ1) is 14.5. The highest BCUT2D eigenvalue weighted by atomic mass is 32.2. The van der Waals surface area contributed by atoms with E-state index in [1.54, 1.807) is 36.0 Å². The Hall–Kier alpha value is -2.36. The molecular weight excluding hydrogens is 440 g/mol. The molecule has 2 rings (SSSR count). The van der Waals surface area contributed by atoms with Crippen LogP contribution in [0.15, 0.2) is 58.3 Å². The van der Waals surface area contributed by atoms with E-state index in [-0.39, 0.29) is 4.90 Å². The Morgan fingerprint density at radius 2 is 1.65 bits per heavy atom. The average Bonchev–Trinajstić information content (AvgIpc) is 2.73. The van der Waals surface area contributed by atoms with Gasteiger partial charge >= 0.3 is 5.97 Å². The third kappa shape index (κ3) is 6.09. The number of rotatable bonds is 10. The molecule has 0 heterocycles. The number of benzene rings is 2. The van der Waals surface area contributed by atoms with Crippen LogP contribution in [0, 0.1) is 12.3 Å². The van der Waals surface area contributed by atoms with E-state index in [2.05, 4.69) is 0 Å². The highest BCUT2D eigenvalue weighted by molar-refractivity contribution is 7.98. The monoisotopic (exact) mass is 466 g/mol. The van der Waals surface area contributed by atoms with Crippen molar-refractivity contribution in [3.8, 4) is 5.75 Å². The van der Waals surface area contributed by atoms with E-state index in [0.717, 1.165) is 10.5 Å². The van der Waals surface area contributed by atoms with Crippen LogP contribution in [0.25, 0.3) is 0 Å². The Kier molecular flexibility index (Phi) is 8.27. The standard InChI is InChI=1S/C22H26O7S2/c1-15-6-12-20(13-7-15)31(25,26)29-17(3)22(4,16(2)23)21(24)28-14-27-18-8-10-19(30-5)11-9-18/h6-13,17H,14H2,1-5H3. The summed E-state index contributed by atoms with van der Waals surface area (Å²) in [7, 11) is -4.19. The van der Waals surface area contributed by atoms with Gasteiger partial charge in [0.1, 0.15) is 11.5 Å². The predicted octanol–water partition coefficient (Wildman–Crippen LogP) is 3.99. The van der Waals surface area contributed by atoms with Gasteiger partial charge in [-0.25, -0.2) is 0 Å². The van der Waals surface area contributed by atoms with E-state index >= 15 is 0 Å². The van der Waals surface area contributed by atoms with Gasteiger partial charge in [-0.1, -0.05) is 17.7 Å². The fraction of sp³-hybridized carbons (Fsp3) is 0.364. The molecule has 0 fully saturated rings. The number of ether oxygens (including phenoxy) is 2. The smallest absolute Gasteiger partial charge is 0.324 e. The summed E-state index contributed by atoms with van der Waals surface area (Å²) in [5.41, 5.74) is -0.962. The fourth-order valence-corrected chi connectivity index (χ4v) is 4.18. The largest absolute Gasteiger partial charge is 0.457 e. The topological polar surface area (TPSA) is 96.0 Å². The van der Waals surface area contributed by atoms with E-state index in [0.29, 0.717) is 5.75 Å². The van der Waals surface area contributed by atoms with Gasteiger partial charge in [0.25, 0.3) is 10.1 Å². The lowest BCUT2D eigenvalue weighted by molar-refractivity contribution is -0.169. The molecule has 31 heavy (non-hydrogen) atoms. The van der Waals surface area contributed by atoms with Crippen molar-refractivity contribution in [3.63, 3.8) is 0 Å². The minimum absolute atomic E-state index is 0.0683. The molecule has 9 heteroatoms. The summed E-state index contributed by atoms with van der Waals surface area (Å²) < 4.78 is 40.9. The summed E-state index contributed by atoms with van der Waals surface area (Å²) in [6, 6.07) is 13.2. The Bertz CT molecular complexity index is 1010. The van der Waals surface area contributed by atoms with Crippen molar-refractivity contribution in [2.24, 2.45) is 5.41 Å². The van der Waals surface area contributed by atoms with Gasteiger partial charge in [0, 0.05) is 4.90 Å². The van der Waals surface area contributed by atoms with Gasteiger partial charge in [-0.2, -0.15) is 8.42 Å². The van der Waals surface area contributed by atoms with Gasteiger partial charge in [-0.05, 0) is 70.3 Å². The molecule has 2 aromatic rings. The molecule has 2 aromatic carbocycles. The van der Waals surface area contributed by atoms with Crippen LogP contribution in [0.2, 0.25) is 0 Å². The second kappa shape index (κ2) is 10.3. The number of thioether (sulfide) groups is 1. The van der Waals surface area contributed by atoms with Crippen LogP contribution in [0.3, 0.4) is 0 Å². The predicted molar refractivity (Wildman–Crippen MR) is 118 cm³/mol. The molecule has 0 spiro atoms. The summed E-state index contributed by atoms with van der Waals surface area (Å²) in [6.07, 6.45) is 0.646. The van der Waals surface area contributed by atoms with Crippen LogP contribution >= 0.6 is 11.8 Å². The maximum absolute atomic E-state index is 12.7. The van der Waals surface area contributed by atoms with Crippen molar-refractivity contribution in [1.82, 2.24) is 0 Å². The number of Topliss-reactive ketones (excluding diaryl/α,β-unsaturated/α-hetero) is 1. The molecule has 0 saturated carbocycles. The van der Waals surface area contributed by atoms with E-state index < -0.39 is 40.2 Å². The first kappa shape index (κ1) is 24.9. The number of carbonyl (C=O) groups is 2. The van der Waals surface area contributed by atoms with E-state index in [4.69, 9.17) is 13.7 Å². The van der Waals surface area contributed by atoms with Crippen LogP contribution in [0.1, 0.15) is 26.3 Å². The lowest BCUT2D eigenvalue weighted by atomic mass is 9.81. The van der Waals surface area contributed by atoms with Crippen molar-refractivity contribution in [2.45, 2.75) is 43.6 Å². The van der Waals surface area contributed by atoms with Crippen molar-refractivity contribution >= 4 is 33.6 Å². The first-order valence-electron chi connectivity index (χ1n) is 9.45. The van der Waals surface area contributed by atoms with Crippen molar-refractivity contribution in [2.75, 3.05) is 13.0 Å². The van der Waals surface area contributed by atoms with Crippen molar-refractivity contribution < 1.29 is 31.7 Å². The van der Waals surface area contributed by atoms with E-state index in [1.807, 2.05) is 25.3 Å². The number of carbonyl (C=O) groups excluding carboxylic acids is 2. The van der Waals surface area contributed by atoms with Gasteiger partial charge in [-0.3, -0.25) is 13.8 Å². The van der Waals surface area contributed by atoms with Crippen LogP contribution in [-0.2, 0) is 28.6 Å². The van der Waals surface area contributed by atoms with Crippen LogP contribution in [0.5, 0.6) is 5.75 Å². The number of aryl methyl sites for hydroxylation is 1. The van der Waals surface area contributed by atoms with Gasteiger partial charge in [-0.15, -0.1) is 11.8 Å². The molecule has 0 N–H and O–H groups in total. The molecule has 0 amide bonds. The molecule has 168 valence electrons. The lowest BCUT2D eigenvalue weighted by Gasteiger charge is -2.30. The SMILES string of the molecule is CSc1ccc(OCOC(=O)C(C)(C(C)=O)C(C)OS(=O)(=O)c2ccc(C)cc2)cc1. The molecular formula is C22H26O7S2. The molecule has 2 unspecified atom stereocenters. The number of ketones is 1. The Balaban J connectivity index is 2.08. The molecule has 7 nitrogen and oxygen atoms in total. The zero-order valence-electron chi connectivity index (χ0n) is 18.1. The van der Waals surface area contributed by atoms with E-state index in [1.165, 1.54) is 32.9 Å². The zero-order chi connectivity index (χ0) is 23.2. The molecule has 2 atom stereocenters. The third-order valence-electron chi connectivity index (χ3n) is 5.02. The minimum atomic E-state index is -4.19. The molecule has 0 aromatic heterocycles. The molecule has 0 saturated heterocycles. The van der Waals surface area contributed by atoms with Crippen LogP contribution in [-0.4, -0.2) is 39.3 Å². The average molecular weight is 467 g/mol. The van der Waals surface area contributed by atoms with E-state index in [9.17, 15) is 18.0 Å². The van der Waals surface area contributed by atoms with Gasteiger partial charge in [0.05, 0.1) is 11.0 Å². The molecule has 0 aliphatic rings. The summed E-state index contributed by atoms with van der Waals surface area (Å²) in [5.74, 6) is -1.04. The van der Waals surface area contributed by atoms with Crippen molar-refractivity contribution in [1.29, 1.82) is 0 Å². The quantitative estimate of drug-likeness (QED) is 0.171. The molecule has 0 aliphatic carbocycles. The number of esters is 1. The van der Waals surface area contributed by atoms with Crippen LogP contribution in [0.4, 0.5) is 0 Å². The summed E-state index contributed by atoms with van der Waals surface area (Å²) in [5, 5.41) is 0. The van der Waals surface area contributed by atoms with Crippen molar-refractivity contribution in [3.05, 3.63) is 54.1 Å². The highest BCUT2D eigenvalue weighted by Gasteiger charge is 2.48. The third-order valence-corrected chi connectivity index (χ3v) is 7.16. The Morgan fingerprint density at radius 1 is 1.06 bits per heavy atom. The lowest BCUT2D eigenvalue weighted by Crippen LogP contribution is -2.47. The van der Waals surface area contributed by atoms with Crippen LogP contribution < -0.4 is 4.74 Å². The van der Waals surface area contributed by atoms with Gasteiger partial charge in [0.2, 0.25) is 6.79 Å². The Morgan fingerprint density at radius 3 is 2.16 bits per heavy atom. The fourth-order valence-electron chi connectivity index (χ4n) is 2.62. The maximum Gasteiger partial charge on any atom is 0.324 e. The van der Waals surface area contributed by atoms with Gasteiger partial charge in [0.15, 0.2) is 5.41 Å². The maximum atomic E-state index is 12.7. The van der Waals surface area contributed by atoms with Gasteiger partial charge < -0.3 is 9.47 Å². The molecule has 0 bridgehead atoms. The normalized spacial score (nSPS) is 14.4. The number of hydrogen-bond donors (Lipinski definition) is 0. The number of hydrogen-bond acceptors (Lipinski definition) is 8. The second-order valence-electron chi connectivity index (χ2n) is 7.13.